The van der Waals surface area contributed by atoms with Crippen molar-refractivity contribution in [2.24, 2.45) is 0 Å². The molecule has 0 atom stereocenters. The fourth-order valence-electron chi connectivity index (χ4n) is 1.78. The minimum atomic E-state index is -0.299. The molecule has 18 heavy (non-hydrogen) atoms. The monoisotopic (exact) mass is 288 g/mol. The van der Waals surface area contributed by atoms with Gasteiger partial charge in [-0.05, 0) is 23.8 Å². The molecule has 0 radical (unpaired) electrons. The topological polar surface area (TPSA) is 41.6 Å². The molecule has 98 valence electrons. The van der Waals surface area contributed by atoms with Crippen LogP contribution in [-0.4, -0.2) is 37.2 Å². The molecule has 1 N–H and O–H groups in total. The van der Waals surface area contributed by atoms with Crippen LogP contribution in [0.5, 0.6) is 0 Å². The van der Waals surface area contributed by atoms with Gasteiger partial charge in [0, 0.05) is 36.2 Å². The number of rotatable bonds is 2. The lowest BCUT2D eigenvalue weighted by Gasteiger charge is -2.26. The molecule has 0 unspecified atom stereocenters. The van der Waals surface area contributed by atoms with Crippen LogP contribution < -0.4 is 5.32 Å². The highest BCUT2D eigenvalue weighted by atomic mass is 35.5. The molecule has 1 aromatic rings. The van der Waals surface area contributed by atoms with Gasteiger partial charge in [-0.1, -0.05) is 23.2 Å². The van der Waals surface area contributed by atoms with Crippen LogP contribution in [0, 0.1) is 0 Å². The molecular weight excluding hydrogens is 275 g/mol. The molecule has 1 fully saturated rings. The van der Waals surface area contributed by atoms with Gasteiger partial charge in [-0.15, -0.1) is 0 Å². The Bertz CT molecular complexity index is 414. The maximum absolute atomic E-state index is 11.8. The predicted octanol–water partition coefficient (Wildman–Crippen LogP) is 2.54. The molecule has 0 aromatic heterocycles. The standard InChI is InChI=1S/C12H14Cl2N2O2/c13-10-5-9(6-11(14)7-10)8-18-12(17)16-3-1-15-2-4-16/h5-7,15H,1-4,8H2. The summed E-state index contributed by atoms with van der Waals surface area (Å²) in [6.45, 7) is 3.14. The summed E-state index contributed by atoms with van der Waals surface area (Å²) in [5, 5.41) is 4.25. The minimum Gasteiger partial charge on any atom is -0.445 e. The quantitative estimate of drug-likeness (QED) is 0.909. The molecule has 1 aliphatic heterocycles. The fourth-order valence-corrected chi connectivity index (χ4v) is 2.35. The first-order valence-corrected chi connectivity index (χ1v) is 6.48. The van der Waals surface area contributed by atoms with E-state index >= 15 is 0 Å². The lowest BCUT2D eigenvalue weighted by atomic mass is 10.2. The van der Waals surface area contributed by atoms with Crippen LogP contribution in [0.15, 0.2) is 18.2 Å². The van der Waals surface area contributed by atoms with Crippen LogP contribution in [0.25, 0.3) is 0 Å². The number of nitrogens with zero attached hydrogens (tertiary/aromatic N) is 1. The van der Waals surface area contributed by atoms with E-state index in [2.05, 4.69) is 5.32 Å². The van der Waals surface area contributed by atoms with Gasteiger partial charge in [-0.3, -0.25) is 0 Å². The molecule has 1 heterocycles. The van der Waals surface area contributed by atoms with Gasteiger partial charge < -0.3 is 15.0 Å². The van der Waals surface area contributed by atoms with Gasteiger partial charge in [0.15, 0.2) is 0 Å². The minimum absolute atomic E-state index is 0.184. The molecule has 0 spiro atoms. The van der Waals surface area contributed by atoms with Crippen LogP contribution in [0.3, 0.4) is 0 Å². The Labute approximate surface area is 116 Å². The summed E-state index contributed by atoms with van der Waals surface area (Å²) in [6.07, 6.45) is -0.299. The van der Waals surface area contributed by atoms with Crippen molar-refractivity contribution in [3.05, 3.63) is 33.8 Å². The number of halogens is 2. The van der Waals surface area contributed by atoms with Gasteiger partial charge in [-0.2, -0.15) is 0 Å². The van der Waals surface area contributed by atoms with Crippen LogP contribution in [-0.2, 0) is 11.3 Å². The fraction of sp³-hybridized carbons (Fsp3) is 0.417. The lowest BCUT2D eigenvalue weighted by molar-refractivity contribution is 0.0918. The van der Waals surface area contributed by atoms with E-state index in [1.807, 2.05) is 0 Å². The van der Waals surface area contributed by atoms with Crippen molar-refractivity contribution in [3.8, 4) is 0 Å². The summed E-state index contributed by atoms with van der Waals surface area (Å²) >= 11 is 11.7. The number of nitrogens with one attached hydrogen (secondary N) is 1. The average molecular weight is 289 g/mol. The molecule has 6 heteroatoms. The summed E-state index contributed by atoms with van der Waals surface area (Å²) < 4.78 is 5.22. The van der Waals surface area contributed by atoms with Crippen molar-refractivity contribution in [2.75, 3.05) is 26.2 Å². The number of piperazine rings is 1. The van der Waals surface area contributed by atoms with E-state index in [0.29, 0.717) is 23.1 Å². The molecule has 0 bridgehead atoms. The molecule has 1 saturated heterocycles. The highest BCUT2D eigenvalue weighted by Gasteiger charge is 2.17. The second-order valence-corrected chi connectivity index (χ2v) is 4.94. The Morgan fingerprint density at radius 1 is 1.22 bits per heavy atom. The van der Waals surface area contributed by atoms with Crippen molar-refractivity contribution in [1.82, 2.24) is 10.2 Å². The van der Waals surface area contributed by atoms with Crippen molar-refractivity contribution >= 4 is 29.3 Å². The van der Waals surface area contributed by atoms with E-state index in [-0.39, 0.29) is 12.7 Å². The Balaban J connectivity index is 1.88. The Morgan fingerprint density at radius 2 is 1.83 bits per heavy atom. The maximum atomic E-state index is 11.8. The normalized spacial score (nSPS) is 15.6. The molecule has 1 aliphatic rings. The average Bonchev–Trinajstić information content (AvgIpc) is 2.36. The van der Waals surface area contributed by atoms with Crippen LogP contribution >= 0.6 is 23.2 Å². The number of benzene rings is 1. The van der Waals surface area contributed by atoms with Crippen LogP contribution in [0.4, 0.5) is 4.79 Å². The van der Waals surface area contributed by atoms with Crippen molar-refractivity contribution in [2.45, 2.75) is 6.61 Å². The number of amides is 1. The summed E-state index contributed by atoms with van der Waals surface area (Å²) in [5.74, 6) is 0. The van der Waals surface area contributed by atoms with Gasteiger partial charge in [0.1, 0.15) is 6.61 Å². The largest absolute Gasteiger partial charge is 0.445 e. The van der Waals surface area contributed by atoms with E-state index in [4.69, 9.17) is 27.9 Å². The SMILES string of the molecule is O=C(OCc1cc(Cl)cc(Cl)c1)N1CCNCC1. The summed E-state index contributed by atoms with van der Waals surface area (Å²) in [5.41, 5.74) is 0.788. The number of ether oxygens (including phenoxy) is 1. The number of hydrogen-bond acceptors (Lipinski definition) is 3. The zero-order valence-corrected chi connectivity index (χ0v) is 11.3. The highest BCUT2D eigenvalue weighted by molar-refractivity contribution is 6.34. The zero-order chi connectivity index (χ0) is 13.0. The van der Waals surface area contributed by atoms with Crippen LogP contribution in [0.1, 0.15) is 5.56 Å². The third kappa shape index (κ3) is 3.77. The summed E-state index contributed by atoms with van der Waals surface area (Å²) in [6, 6.07) is 5.11. The lowest BCUT2D eigenvalue weighted by Crippen LogP contribution is -2.46. The van der Waals surface area contributed by atoms with Gasteiger partial charge in [0.05, 0.1) is 0 Å². The van der Waals surface area contributed by atoms with Crippen molar-refractivity contribution in [3.63, 3.8) is 0 Å². The van der Waals surface area contributed by atoms with Crippen molar-refractivity contribution < 1.29 is 9.53 Å². The van der Waals surface area contributed by atoms with E-state index < -0.39 is 0 Å². The second-order valence-electron chi connectivity index (χ2n) is 4.07. The maximum Gasteiger partial charge on any atom is 0.410 e. The molecule has 0 saturated carbocycles. The first kappa shape index (κ1) is 13.5. The van der Waals surface area contributed by atoms with Crippen molar-refractivity contribution in [1.29, 1.82) is 0 Å². The molecule has 1 amide bonds. The Kier molecular flexibility index (Phi) is 4.69. The van der Waals surface area contributed by atoms with E-state index in [1.165, 1.54) is 0 Å². The first-order chi connectivity index (χ1) is 8.65. The second kappa shape index (κ2) is 6.27. The number of hydrogen-bond donors (Lipinski definition) is 1. The van der Waals surface area contributed by atoms with E-state index in [9.17, 15) is 4.79 Å². The molecule has 4 nitrogen and oxygen atoms in total. The Morgan fingerprint density at radius 3 is 2.44 bits per heavy atom. The van der Waals surface area contributed by atoms with Gasteiger partial charge in [0.2, 0.25) is 0 Å². The summed E-state index contributed by atoms with van der Waals surface area (Å²) in [4.78, 5) is 13.4. The van der Waals surface area contributed by atoms with Crippen LogP contribution in [0.2, 0.25) is 10.0 Å². The smallest absolute Gasteiger partial charge is 0.410 e. The molecule has 1 aromatic carbocycles. The van der Waals surface area contributed by atoms with Gasteiger partial charge in [0.25, 0.3) is 0 Å². The number of carbonyl (C=O) groups excluding carboxylic acids is 1. The molecule has 2 rings (SSSR count). The van der Waals surface area contributed by atoms with E-state index in [1.54, 1.807) is 23.1 Å². The van der Waals surface area contributed by atoms with Gasteiger partial charge >= 0.3 is 6.09 Å². The number of carbonyl (C=O) groups is 1. The highest BCUT2D eigenvalue weighted by Crippen LogP contribution is 2.19. The van der Waals surface area contributed by atoms with Gasteiger partial charge in [-0.25, -0.2) is 4.79 Å². The summed E-state index contributed by atoms with van der Waals surface area (Å²) in [7, 11) is 0. The first-order valence-electron chi connectivity index (χ1n) is 5.72. The molecule has 0 aliphatic carbocycles. The third-order valence-corrected chi connectivity index (χ3v) is 3.10. The molecular formula is C12H14Cl2N2O2. The van der Waals surface area contributed by atoms with E-state index in [0.717, 1.165) is 18.7 Å². The zero-order valence-electron chi connectivity index (χ0n) is 9.79. The Hall–Kier alpha value is -0.970. The third-order valence-electron chi connectivity index (χ3n) is 2.66. The predicted molar refractivity (Wildman–Crippen MR) is 71.1 cm³/mol.